The lowest BCUT2D eigenvalue weighted by Gasteiger charge is -2.19. The lowest BCUT2D eigenvalue weighted by atomic mass is 10.1. The van der Waals surface area contributed by atoms with Crippen LogP contribution in [0.4, 0.5) is 17.6 Å². The standard InChI is InChI=1S/C12H11F4NO2/c13-8-2-1-7(10(3-8)12(14,15)16)5-17-6-9(18)4-11(17)19/h1-3,9,18H,4-6H2. The van der Waals surface area contributed by atoms with E-state index in [0.717, 1.165) is 17.0 Å². The minimum absolute atomic E-state index is 0.00644. The van der Waals surface area contributed by atoms with Crippen LogP contribution in [0.15, 0.2) is 18.2 Å². The minimum atomic E-state index is -4.68. The zero-order valence-electron chi connectivity index (χ0n) is 9.75. The van der Waals surface area contributed by atoms with Crippen molar-refractivity contribution in [3.63, 3.8) is 0 Å². The Balaban J connectivity index is 2.28. The lowest BCUT2D eigenvalue weighted by Crippen LogP contribution is -2.26. The molecule has 0 radical (unpaired) electrons. The van der Waals surface area contributed by atoms with E-state index in [9.17, 15) is 27.5 Å². The van der Waals surface area contributed by atoms with Crippen LogP contribution in [0.3, 0.4) is 0 Å². The van der Waals surface area contributed by atoms with Crippen molar-refractivity contribution in [2.75, 3.05) is 6.54 Å². The molecule has 1 aromatic rings. The van der Waals surface area contributed by atoms with Crippen LogP contribution < -0.4 is 0 Å². The summed E-state index contributed by atoms with van der Waals surface area (Å²) in [5.74, 6) is -1.39. The second kappa shape index (κ2) is 4.80. The summed E-state index contributed by atoms with van der Waals surface area (Å²) in [6, 6.07) is 2.34. The summed E-state index contributed by atoms with van der Waals surface area (Å²) in [5, 5.41) is 9.28. The molecular weight excluding hydrogens is 266 g/mol. The number of hydrogen-bond acceptors (Lipinski definition) is 2. The summed E-state index contributed by atoms with van der Waals surface area (Å²) in [5.41, 5.74) is -1.28. The van der Waals surface area contributed by atoms with Crippen molar-refractivity contribution in [2.45, 2.75) is 25.2 Å². The monoisotopic (exact) mass is 277 g/mol. The second-order valence-electron chi connectivity index (χ2n) is 4.43. The van der Waals surface area contributed by atoms with Crippen molar-refractivity contribution in [2.24, 2.45) is 0 Å². The minimum Gasteiger partial charge on any atom is -0.391 e. The maximum atomic E-state index is 12.9. The van der Waals surface area contributed by atoms with Crippen LogP contribution in [0.2, 0.25) is 0 Å². The third kappa shape index (κ3) is 3.04. The fraction of sp³-hybridized carbons (Fsp3) is 0.417. The van der Waals surface area contributed by atoms with Crippen LogP contribution in [-0.4, -0.2) is 28.6 Å². The van der Waals surface area contributed by atoms with Gasteiger partial charge < -0.3 is 10.0 Å². The van der Waals surface area contributed by atoms with Gasteiger partial charge in [-0.2, -0.15) is 13.2 Å². The van der Waals surface area contributed by atoms with E-state index in [1.165, 1.54) is 0 Å². The molecule has 1 unspecified atom stereocenters. The summed E-state index contributed by atoms with van der Waals surface area (Å²) in [7, 11) is 0. The first-order valence-corrected chi connectivity index (χ1v) is 5.59. The van der Waals surface area contributed by atoms with Crippen LogP contribution in [0, 0.1) is 5.82 Å². The Kier molecular flexibility index (Phi) is 3.49. The van der Waals surface area contributed by atoms with E-state index in [0.29, 0.717) is 6.07 Å². The van der Waals surface area contributed by atoms with E-state index < -0.39 is 29.6 Å². The fourth-order valence-electron chi connectivity index (χ4n) is 2.06. The molecule has 7 heteroatoms. The Labute approximate surface area is 106 Å². The summed E-state index contributed by atoms with van der Waals surface area (Å²) >= 11 is 0. The average molecular weight is 277 g/mol. The number of benzene rings is 1. The van der Waals surface area contributed by atoms with Gasteiger partial charge in [-0.25, -0.2) is 4.39 Å². The summed E-state index contributed by atoms with van der Waals surface area (Å²) < 4.78 is 51.2. The van der Waals surface area contributed by atoms with Gasteiger partial charge in [-0.1, -0.05) is 6.07 Å². The number of halogens is 4. The molecule has 1 heterocycles. The topological polar surface area (TPSA) is 40.5 Å². The van der Waals surface area contributed by atoms with Crippen LogP contribution in [0.5, 0.6) is 0 Å². The maximum Gasteiger partial charge on any atom is 0.416 e. The van der Waals surface area contributed by atoms with Crippen LogP contribution >= 0.6 is 0 Å². The molecular formula is C12H11F4NO2. The average Bonchev–Trinajstić information content (AvgIpc) is 2.58. The molecule has 1 aliphatic heterocycles. The highest BCUT2D eigenvalue weighted by Gasteiger charge is 2.35. The molecule has 1 aromatic carbocycles. The summed E-state index contributed by atoms with van der Waals surface area (Å²) in [4.78, 5) is 12.6. The number of hydrogen-bond donors (Lipinski definition) is 1. The number of amides is 1. The molecule has 0 saturated carbocycles. The van der Waals surface area contributed by atoms with Crippen molar-refractivity contribution in [3.8, 4) is 0 Å². The van der Waals surface area contributed by atoms with Gasteiger partial charge in [0.2, 0.25) is 5.91 Å². The molecule has 0 bridgehead atoms. The third-order valence-electron chi connectivity index (χ3n) is 2.93. The number of carbonyl (C=O) groups excluding carboxylic acids is 1. The van der Waals surface area contributed by atoms with Gasteiger partial charge in [0.1, 0.15) is 5.82 Å². The number of β-amino-alcohol motifs (C(OH)–C–C–N with tert-alkyl or cyclic N) is 1. The van der Waals surface area contributed by atoms with E-state index in [1.54, 1.807) is 0 Å². The molecule has 19 heavy (non-hydrogen) atoms. The Morgan fingerprint density at radius 1 is 1.37 bits per heavy atom. The van der Waals surface area contributed by atoms with E-state index in [1.807, 2.05) is 0 Å². The SMILES string of the molecule is O=C1CC(O)CN1Cc1ccc(F)cc1C(F)(F)F. The molecule has 1 N–H and O–H groups in total. The van der Waals surface area contributed by atoms with E-state index >= 15 is 0 Å². The number of alkyl halides is 3. The molecule has 0 aromatic heterocycles. The molecule has 1 fully saturated rings. The van der Waals surface area contributed by atoms with Crippen LogP contribution in [0.25, 0.3) is 0 Å². The Morgan fingerprint density at radius 2 is 2.05 bits per heavy atom. The molecule has 1 amide bonds. The van der Waals surface area contributed by atoms with E-state index in [-0.39, 0.29) is 25.1 Å². The van der Waals surface area contributed by atoms with Crippen LogP contribution in [0.1, 0.15) is 17.5 Å². The Morgan fingerprint density at radius 3 is 2.58 bits per heavy atom. The largest absolute Gasteiger partial charge is 0.416 e. The highest BCUT2D eigenvalue weighted by atomic mass is 19.4. The Hall–Kier alpha value is -1.63. The summed E-state index contributed by atoms with van der Waals surface area (Å²) in [6.45, 7) is -0.293. The lowest BCUT2D eigenvalue weighted by molar-refractivity contribution is -0.139. The van der Waals surface area contributed by atoms with Crippen molar-refractivity contribution in [1.82, 2.24) is 4.90 Å². The first kappa shape index (κ1) is 13.8. The quantitative estimate of drug-likeness (QED) is 0.839. The normalized spacial score (nSPS) is 20.2. The summed E-state index contributed by atoms with van der Waals surface area (Å²) in [6.07, 6.45) is -5.64. The van der Waals surface area contributed by atoms with Gasteiger partial charge in [-0.05, 0) is 17.7 Å². The molecule has 104 valence electrons. The molecule has 2 rings (SSSR count). The number of carbonyl (C=O) groups is 1. The van der Waals surface area contributed by atoms with Gasteiger partial charge in [0.15, 0.2) is 0 Å². The Bertz CT molecular complexity index is 501. The van der Waals surface area contributed by atoms with Crippen molar-refractivity contribution in [1.29, 1.82) is 0 Å². The van der Waals surface area contributed by atoms with Gasteiger partial charge in [0.05, 0.1) is 18.1 Å². The number of likely N-dealkylation sites (tertiary alicyclic amines) is 1. The van der Waals surface area contributed by atoms with Gasteiger partial charge in [-0.3, -0.25) is 4.79 Å². The predicted molar refractivity (Wildman–Crippen MR) is 57.4 cm³/mol. The molecule has 1 atom stereocenters. The molecule has 0 spiro atoms. The van der Waals surface area contributed by atoms with Crippen molar-refractivity contribution < 1.29 is 27.5 Å². The van der Waals surface area contributed by atoms with E-state index in [4.69, 9.17) is 0 Å². The first-order valence-electron chi connectivity index (χ1n) is 5.59. The zero-order chi connectivity index (χ0) is 14.2. The second-order valence-corrected chi connectivity index (χ2v) is 4.43. The van der Waals surface area contributed by atoms with Gasteiger partial charge in [0, 0.05) is 13.1 Å². The molecule has 1 aliphatic rings. The number of aliphatic hydroxyl groups is 1. The third-order valence-corrected chi connectivity index (χ3v) is 2.93. The van der Waals surface area contributed by atoms with Gasteiger partial charge >= 0.3 is 6.18 Å². The first-order chi connectivity index (χ1) is 8.77. The zero-order valence-corrected chi connectivity index (χ0v) is 9.75. The number of rotatable bonds is 2. The smallest absolute Gasteiger partial charge is 0.391 e. The highest BCUT2D eigenvalue weighted by Crippen LogP contribution is 2.33. The predicted octanol–water partition coefficient (Wildman–Crippen LogP) is 1.94. The van der Waals surface area contributed by atoms with Gasteiger partial charge in [0.25, 0.3) is 0 Å². The van der Waals surface area contributed by atoms with Crippen molar-refractivity contribution in [3.05, 3.63) is 35.1 Å². The maximum absolute atomic E-state index is 12.9. The van der Waals surface area contributed by atoms with Crippen molar-refractivity contribution >= 4 is 5.91 Å². The van der Waals surface area contributed by atoms with Gasteiger partial charge in [-0.15, -0.1) is 0 Å². The van der Waals surface area contributed by atoms with Crippen LogP contribution in [-0.2, 0) is 17.5 Å². The fourth-order valence-corrected chi connectivity index (χ4v) is 2.06. The highest BCUT2D eigenvalue weighted by molar-refractivity contribution is 5.79. The molecule has 0 aliphatic carbocycles. The molecule has 1 saturated heterocycles. The van der Waals surface area contributed by atoms with E-state index in [2.05, 4.69) is 0 Å². The number of nitrogens with zero attached hydrogens (tertiary/aromatic N) is 1. The molecule has 3 nitrogen and oxygen atoms in total. The number of aliphatic hydroxyl groups excluding tert-OH is 1.